The Morgan fingerprint density at radius 3 is 2.80 bits per heavy atom. The number of carbonyl (C=O) groups excluding carboxylic acids is 1. The van der Waals surface area contributed by atoms with Crippen molar-refractivity contribution in [1.29, 1.82) is 0 Å². The number of nitrogens with one attached hydrogen (secondary N) is 1. The van der Waals surface area contributed by atoms with E-state index < -0.39 is 0 Å². The molecule has 1 amide bonds. The number of rotatable bonds is 7. The molecule has 0 saturated carbocycles. The Bertz CT molecular complexity index is 1180. The van der Waals surface area contributed by atoms with E-state index in [0.717, 1.165) is 33.1 Å². The smallest absolute Gasteiger partial charge is 0.230 e. The van der Waals surface area contributed by atoms with E-state index in [4.69, 9.17) is 16.3 Å². The quantitative estimate of drug-likeness (QED) is 0.431. The van der Waals surface area contributed by atoms with Crippen molar-refractivity contribution in [2.24, 2.45) is 0 Å². The summed E-state index contributed by atoms with van der Waals surface area (Å²) >= 11 is 7.35. The highest BCUT2D eigenvalue weighted by Gasteiger charge is 2.12. The summed E-state index contributed by atoms with van der Waals surface area (Å²) in [7, 11) is 1.62. The van der Waals surface area contributed by atoms with Gasteiger partial charge in [0.2, 0.25) is 5.91 Å². The van der Waals surface area contributed by atoms with E-state index >= 15 is 0 Å². The zero-order valence-corrected chi connectivity index (χ0v) is 17.8. The lowest BCUT2D eigenvalue weighted by atomic mass is 10.1. The van der Waals surface area contributed by atoms with E-state index in [1.54, 1.807) is 24.0 Å². The van der Waals surface area contributed by atoms with E-state index in [1.165, 1.54) is 11.8 Å². The van der Waals surface area contributed by atoms with Crippen molar-refractivity contribution in [1.82, 2.24) is 19.9 Å². The van der Waals surface area contributed by atoms with Crippen molar-refractivity contribution in [3.63, 3.8) is 0 Å². The first-order chi connectivity index (χ1) is 14.6. The Hall–Kier alpha value is -3.03. The number of benzene rings is 2. The molecule has 6 nitrogen and oxygen atoms in total. The zero-order valence-electron chi connectivity index (χ0n) is 16.2. The molecule has 152 valence electrons. The summed E-state index contributed by atoms with van der Waals surface area (Å²) in [5.41, 5.74) is 3.57. The molecule has 2 aromatic carbocycles. The Kier molecular flexibility index (Phi) is 6.21. The SMILES string of the molecule is COc1ccccc1CNC(=O)CSc1nccn2nc(-c3ccc(Cl)cc3)cc12. The maximum Gasteiger partial charge on any atom is 0.230 e. The number of fused-ring (bicyclic) bond motifs is 1. The molecule has 0 aliphatic carbocycles. The van der Waals surface area contributed by atoms with Crippen LogP contribution >= 0.6 is 23.4 Å². The summed E-state index contributed by atoms with van der Waals surface area (Å²) in [4.78, 5) is 16.8. The van der Waals surface area contributed by atoms with Gasteiger partial charge in [0.05, 0.1) is 24.1 Å². The molecule has 2 heterocycles. The largest absolute Gasteiger partial charge is 0.496 e. The van der Waals surface area contributed by atoms with Crippen LogP contribution in [-0.4, -0.2) is 33.4 Å². The average Bonchev–Trinajstić information content (AvgIpc) is 3.22. The molecule has 0 saturated heterocycles. The van der Waals surface area contributed by atoms with Gasteiger partial charge < -0.3 is 10.1 Å². The van der Waals surface area contributed by atoms with Gasteiger partial charge in [0.1, 0.15) is 10.8 Å². The van der Waals surface area contributed by atoms with Gasteiger partial charge in [-0.25, -0.2) is 9.50 Å². The number of methoxy groups -OCH3 is 1. The van der Waals surface area contributed by atoms with Gasteiger partial charge in [-0.05, 0) is 24.3 Å². The normalized spacial score (nSPS) is 10.9. The lowest BCUT2D eigenvalue weighted by molar-refractivity contribution is -0.118. The first-order valence-electron chi connectivity index (χ1n) is 9.26. The molecule has 4 aromatic rings. The van der Waals surface area contributed by atoms with Crippen molar-refractivity contribution < 1.29 is 9.53 Å². The number of ether oxygens (including phenoxy) is 1. The highest BCUT2D eigenvalue weighted by atomic mass is 35.5. The summed E-state index contributed by atoms with van der Waals surface area (Å²) in [6, 6.07) is 17.1. The Morgan fingerprint density at radius 1 is 1.20 bits per heavy atom. The van der Waals surface area contributed by atoms with E-state index in [2.05, 4.69) is 15.4 Å². The van der Waals surface area contributed by atoms with E-state index in [1.807, 2.05) is 54.6 Å². The molecule has 8 heteroatoms. The lowest BCUT2D eigenvalue weighted by Crippen LogP contribution is -2.24. The number of halogens is 1. The van der Waals surface area contributed by atoms with Crippen LogP contribution in [0.25, 0.3) is 16.8 Å². The number of thioether (sulfide) groups is 1. The predicted molar refractivity (Wildman–Crippen MR) is 119 cm³/mol. The molecule has 0 atom stereocenters. The second kappa shape index (κ2) is 9.19. The number of para-hydroxylation sites is 1. The maximum absolute atomic E-state index is 12.3. The van der Waals surface area contributed by atoms with Gasteiger partial charge in [-0.1, -0.05) is 53.7 Å². The highest BCUT2D eigenvalue weighted by molar-refractivity contribution is 8.00. The standard InChI is InChI=1S/C22H19ClN4O2S/c1-29-20-5-3-2-4-16(20)13-25-21(28)14-30-22-19-12-18(26-27(19)11-10-24-22)15-6-8-17(23)9-7-15/h2-12H,13-14H2,1H3,(H,25,28). The monoisotopic (exact) mass is 438 g/mol. The van der Waals surface area contributed by atoms with E-state index in [0.29, 0.717) is 11.6 Å². The van der Waals surface area contributed by atoms with Crippen LogP contribution in [0, 0.1) is 0 Å². The summed E-state index contributed by atoms with van der Waals surface area (Å²) in [6.45, 7) is 0.411. The van der Waals surface area contributed by atoms with Crippen LogP contribution < -0.4 is 10.1 Å². The second-order valence-electron chi connectivity index (χ2n) is 6.48. The minimum atomic E-state index is -0.0767. The van der Waals surface area contributed by atoms with E-state index in [9.17, 15) is 4.79 Å². The number of aromatic nitrogens is 3. The van der Waals surface area contributed by atoms with Crippen LogP contribution in [0.4, 0.5) is 0 Å². The van der Waals surface area contributed by atoms with Crippen molar-refractivity contribution in [3.05, 3.63) is 77.6 Å². The third-order valence-corrected chi connectivity index (χ3v) is 5.75. The van der Waals surface area contributed by atoms with Gasteiger partial charge in [-0.2, -0.15) is 5.10 Å². The molecule has 0 bridgehead atoms. The highest BCUT2D eigenvalue weighted by Crippen LogP contribution is 2.26. The molecule has 0 radical (unpaired) electrons. The number of nitrogens with zero attached hydrogens (tertiary/aromatic N) is 3. The van der Waals surface area contributed by atoms with Crippen molar-refractivity contribution in [2.75, 3.05) is 12.9 Å². The van der Waals surface area contributed by atoms with Crippen LogP contribution in [0.2, 0.25) is 5.02 Å². The summed E-state index contributed by atoms with van der Waals surface area (Å²) < 4.78 is 7.09. The van der Waals surface area contributed by atoms with Gasteiger partial charge in [-0.15, -0.1) is 0 Å². The number of carbonyl (C=O) groups is 1. The van der Waals surface area contributed by atoms with Crippen molar-refractivity contribution in [3.8, 4) is 17.0 Å². The molecule has 0 spiro atoms. The Morgan fingerprint density at radius 2 is 2.00 bits per heavy atom. The fourth-order valence-corrected chi connectivity index (χ4v) is 3.93. The van der Waals surface area contributed by atoms with Crippen LogP contribution in [0.1, 0.15) is 5.56 Å². The molecule has 0 unspecified atom stereocenters. The summed E-state index contributed by atoms with van der Waals surface area (Å²) in [6.07, 6.45) is 3.47. The average molecular weight is 439 g/mol. The van der Waals surface area contributed by atoms with Crippen LogP contribution in [0.3, 0.4) is 0 Å². The first-order valence-corrected chi connectivity index (χ1v) is 10.6. The molecular weight excluding hydrogens is 420 g/mol. The second-order valence-corrected chi connectivity index (χ2v) is 7.88. The topological polar surface area (TPSA) is 68.5 Å². The van der Waals surface area contributed by atoms with Gasteiger partial charge in [0.15, 0.2) is 0 Å². The number of amides is 1. The lowest BCUT2D eigenvalue weighted by Gasteiger charge is -2.09. The number of hydrogen-bond donors (Lipinski definition) is 1. The predicted octanol–water partition coefficient (Wildman–Crippen LogP) is 4.47. The zero-order chi connectivity index (χ0) is 20.9. The number of hydrogen-bond acceptors (Lipinski definition) is 5. The maximum atomic E-state index is 12.3. The van der Waals surface area contributed by atoms with Gasteiger partial charge in [-0.3, -0.25) is 4.79 Å². The van der Waals surface area contributed by atoms with Gasteiger partial charge >= 0.3 is 0 Å². The summed E-state index contributed by atoms with van der Waals surface area (Å²) in [5, 5.41) is 8.96. The van der Waals surface area contributed by atoms with Crippen LogP contribution in [0.15, 0.2) is 72.0 Å². The Balaban J connectivity index is 1.43. The van der Waals surface area contributed by atoms with Crippen LogP contribution in [-0.2, 0) is 11.3 Å². The minimum absolute atomic E-state index is 0.0767. The molecule has 1 N–H and O–H groups in total. The molecule has 4 rings (SSSR count). The minimum Gasteiger partial charge on any atom is -0.496 e. The molecule has 0 fully saturated rings. The first kappa shape index (κ1) is 20.3. The van der Waals surface area contributed by atoms with Gasteiger partial charge in [0.25, 0.3) is 0 Å². The van der Waals surface area contributed by atoms with Crippen molar-refractivity contribution >= 4 is 34.8 Å². The molecule has 0 aliphatic heterocycles. The molecule has 0 aliphatic rings. The molecular formula is C22H19ClN4O2S. The van der Waals surface area contributed by atoms with E-state index in [-0.39, 0.29) is 11.7 Å². The molecule has 30 heavy (non-hydrogen) atoms. The fourth-order valence-electron chi connectivity index (χ4n) is 3.00. The van der Waals surface area contributed by atoms with Crippen LogP contribution in [0.5, 0.6) is 5.75 Å². The third-order valence-electron chi connectivity index (χ3n) is 4.50. The fraction of sp³-hybridized carbons (Fsp3) is 0.136. The van der Waals surface area contributed by atoms with Crippen molar-refractivity contribution in [2.45, 2.75) is 11.6 Å². The molecule has 2 aromatic heterocycles. The van der Waals surface area contributed by atoms with Gasteiger partial charge in [0, 0.05) is 35.1 Å². The third kappa shape index (κ3) is 4.58. The summed E-state index contributed by atoms with van der Waals surface area (Å²) in [5.74, 6) is 0.932. The Labute approximate surface area is 183 Å².